The molecule has 2 fully saturated rings. The Morgan fingerprint density at radius 1 is 1.24 bits per heavy atom. The minimum absolute atomic E-state index is 0.0219. The first kappa shape index (κ1) is 12.4. The Bertz CT molecular complexity index is 346. The molecule has 2 aliphatic rings. The highest BCUT2D eigenvalue weighted by Crippen LogP contribution is 2.43. The van der Waals surface area contributed by atoms with Crippen LogP contribution < -0.4 is 5.32 Å². The number of hydrogen-bond donors (Lipinski definition) is 1. The Morgan fingerprint density at radius 3 is 2.29 bits per heavy atom. The van der Waals surface area contributed by atoms with Crippen molar-refractivity contribution in [3.8, 4) is 6.07 Å². The zero-order chi connectivity index (χ0) is 12.5. The molecular formula is C14H22N2O. The van der Waals surface area contributed by atoms with E-state index in [0.29, 0.717) is 0 Å². The minimum atomic E-state index is -0.517. The van der Waals surface area contributed by atoms with Crippen molar-refractivity contribution < 1.29 is 4.79 Å². The number of rotatable bonds is 3. The van der Waals surface area contributed by atoms with Crippen molar-refractivity contribution >= 4 is 5.91 Å². The van der Waals surface area contributed by atoms with Gasteiger partial charge in [-0.1, -0.05) is 33.1 Å². The summed E-state index contributed by atoms with van der Waals surface area (Å²) in [5.74, 6) is 0.0991. The second kappa shape index (κ2) is 4.33. The van der Waals surface area contributed by atoms with Crippen LogP contribution in [-0.2, 0) is 4.79 Å². The van der Waals surface area contributed by atoms with E-state index in [0.717, 1.165) is 25.7 Å². The molecule has 0 aromatic heterocycles. The summed E-state index contributed by atoms with van der Waals surface area (Å²) in [5, 5.41) is 11.9. The summed E-state index contributed by atoms with van der Waals surface area (Å²) in [5.41, 5.74) is -0.385. The van der Waals surface area contributed by atoms with Gasteiger partial charge in [-0.25, -0.2) is 0 Å². The van der Waals surface area contributed by atoms with E-state index in [9.17, 15) is 4.79 Å². The van der Waals surface area contributed by atoms with Gasteiger partial charge < -0.3 is 5.32 Å². The molecular weight excluding hydrogens is 212 g/mol. The number of carbonyl (C=O) groups excluding carboxylic acids is 1. The maximum absolute atomic E-state index is 12.2. The zero-order valence-corrected chi connectivity index (χ0v) is 10.9. The molecule has 0 aromatic carbocycles. The van der Waals surface area contributed by atoms with Gasteiger partial charge in [0.15, 0.2) is 0 Å². The van der Waals surface area contributed by atoms with Crippen molar-refractivity contribution in [2.24, 2.45) is 11.3 Å². The van der Waals surface area contributed by atoms with Gasteiger partial charge in [0.2, 0.25) is 5.91 Å². The summed E-state index contributed by atoms with van der Waals surface area (Å²) >= 11 is 0. The molecule has 0 heterocycles. The summed E-state index contributed by atoms with van der Waals surface area (Å²) in [4.78, 5) is 12.2. The maximum Gasteiger partial charge on any atom is 0.224 e. The van der Waals surface area contributed by atoms with E-state index in [1.165, 1.54) is 19.3 Å². The number of carbonyl (C=O) groups is 1. The average molecular weight is 234 g/mol. The molecule has 1 N–H and O–H groups in total. The van der Waals surface area contributed by atoms with Gasteiger partial charge >= 0.3 is 0 Å². The largest absolute Gasteiger partial charge is 0.338 e. The quantitative estimate of drug-likeness (QED) is 0.816. The van der Waals surface area contributed by atoms with E-state index >= 15 is 0 Å². The van der Waals surface area contributed by atoms with E-state index in [1.54, 1.807) is 0 Å². The van der Waals surface area contributed by atoms with Crippen LogP contribution in [0.5, 0.6) is 0 Å². The fourth-order valence-corrected chi connectivity index (χ4v) is 2.84. The highest BCUT2D eigenvalue weighted by atomic mass is 16.2. The maximum atomic E-state index is 12.2. The topological polar surface area (TPSA) is 52.9 Å². The van der Waals surface area contributed by atoms with Crippen molar-refractivity contribution in [2.45, 2.75) is 64.3 Å². The van der Waals surface area contributed by atoms with E-state index in [1.807, 2.05) is 6.92 Å². The van der Waals surface area contributed by atoms with Crippen LogP contribution in [-0.4, -0.2) is 11.4 Å². The molecule has 3 heteroatoms. The zero-order valence-electron chi connectivity index (χ0n) is 10.9. The Hall–Kier alpha value is -1.04. The molecule has 94 valence electrons. The highest BCUT2D eigenvalue weighted by molar-refractivity contribution is 5.80. The average Bonchev–Trinajstić information content (AvgIpc) is 3.09. The van der Waals surface area contributed by atoms with Crippen molar-refractivity contribution in [1.82, 2.24) is 5.32 Å². The van der Waals surface area contributed by atoms with E-state index < -0.39 is 5.54 Å². The predicted octanol–water partition coefficient (Wildman–Crippen LogP) is 2.77. The first-order chi connectivity index (χ1) is 8.01. The fourth-order valence-electron chi connectivity index (χ4n) is 2.84. The molecule has 0 saturated heterocycles. The van der Waals surface area contributed by atoms with Gasteiger partial charge in [0.25, 0.3) is 0 Å². The lowest BCUT2D eigenvalue weighted by Gasteiger charge is -2.38. The monoisotopic (exact) mass is 234 g/mol. The molecule has 0 radical (unpaired) electrons. The smallest absolute Gasteiger partial charge is 0.224 e. The Balaban J connectivity index is 1.97. The number of amides is 1. The number of nitrogens with one attached hydrogen (secondary N) is 1. The standard InChI is InChI=1S/C14H22N2O/c1-11(13(2)6-4-3-5-7-13)12(17)16-14(10-15)8-9-14/h11H,3-9H2,1-2H3,(H,16,17). The molecule has 17 heavy (non-hydrogen) atoms. The molecule has 1 amide bonds. The number of hydrogen-bond acceptors (Lipinski definition) is 2. The molecule has 3 nitrogen and oxygen atoms in total. The lowest BCUT2D eigenvalue weighted by molar-refractivity contribution is -0.129. The van der Waals surface area contributed by atoms with E-state index in [2.05, 4.69) is 18.3 Å². The van der Waals surface area contributed by atoms with Crippen LogP contribution in [0.2, 0.25) is 0 Å². The van der Waals surface area contributed by atoms with Crippen LogP contribution in [0.4, 0.5) is 0 Å². The Labute approximate surface area is 104 Å². The molecule has 1 atom stereocenters. The molecule has 1 unspecified atom stereocenters. The molecule has 2 rings (SSSR count). The lowest BCUT2D eigenvalue weighted by Crippen LogP contribution is -2.44. The van der Waals surface area contributed by atoms with Crippen LogP contribution in [0, 0.1) is 22.7 Å². The van der Waals surface area contributed by atoms with E-state index in [4.69, 9.17) is 5.26 Å². The van der Waals surface area contributed by atoms with Gasteiger partial charge in [-0.15, -0.1) is 0 Å². The predicted molar refractivity (Wildman–Crippen MR) is 66.1 cm³/mol. The third kappa shape index (κ3) is 2.46. The summed E-state index contributed by atoms with van der Waals surface area (Å²) in [6.45, 7) is 4.25. The summed E-state index contributed by atoms with van der Waals surface area (Å²) in [6, 6.07) is 2.22. The Kier molecular flexibility index (Phi) is 3.16. The molecule has 0 spiro atoms. The summed E-state index contributed by atoms with van der Waals surface area (Å²) < 4.78 is 0. The normalized spacial score (nSPS) is 26.6. The lowest BCUT2D eigenvalue weighted by atomic mass is 9.67. The van der Waals surface area contributed by atoms with Gasteiger partial charge in [0.05, 0.1) is 6.07 Å². The molecule has 0 aromatic rings. The number of nitrogens with zero attached hydrogens (tertiary/aromatic N) is 1. The third-order valence-corrected chi connectivity index (χ3v) is 4.76. The SMILES string of the molecule is CC(C(=O)NC1(C#N)CC1)C1(C)CCCCC1. The molecule has 2 aliphatic carbocycles. The second-order valence-electron chi connectivity index (χ2n) is 6.12. The van der Waals surface area contributed by atoms with Crippen LogP contribution >= 0.6 is 0 Å². The van der Waals surface area contributed by atoms with Crippen molar-refractivity contribution in [1.29, 1.82) is 5.26 Å². The first-order valence-corrected chi connectivity index (χ1v) is 6.75. The Morgan fingerprint density at radius 2 is 1.82 bits per heavy atom. The van der Waals surface area contributed by atoms with Gasteiger partial charge in [-0.05, 0) is 31.1 Å². The fraction of sp³-hybridized carbons (Fsp3) is 0.857. The van der Waals surface area contributed by atoms with Crippen molar-refractivity contribution in [3.63, 3.8) is 0 Å². The highest BCUT2D eigenvalue weighted by Gasteiger charge is 2.47. The van der Waals surface area contributed by atoms with Crippen molar-refractivity contribution in [2.75, 3.05) is 0 Å². The number of nitriles is 1. The molecule has 0 aliphatic heterocycles. The molecule has 2 saturated carbocycles. The van der Waals surface area contributed by atoms with Crippen molar-refractivity contribution in [3.05, 3.63) is 0 Å². The van der Waals surface area contributed by atoms with Crippen LogP contribution in [0.25, 0.3) is 0 Å². The van der Waals surface area contributed by atoms with Gasteiger partial charge in [-0.3, -0.25) is 4.79 Å². The first-order valence-electron chi connectivity index (χ1n) is 6.75. The minimum Gasteiger partial charge on any atom is -0.338 e. The summed E-state index contributed by atoms with van der Waals surface area (Å²) in [7, 11) is 0. The third-order valence-electron chi connectivity index (χ3n) is 4.76. The van der Waals surface area contributed by atoms with Gasteiger partial charge in [0.1, 0.15) is 5.54 Å². The summed E-state index contributed by atoms with van der Waals surface area (Å²) in [6.07, 6.45) is 7.68. The van der Waals surface area contributed by atoms with Gasteiger partial charge in [0, 0.05) is 5.92 Å². The second-order valence-corrected chi connectivity index (χ2v) is 6.12. The molecule has 0 bridgehead atoms. The van der Waals surface area contributed by atoms with E-state index in [-0.39, 0.29) is 17.2 Å². The van der Waals surface area contributed by atoms with Crippen LogP contribution in [0.15, 0.2) is 0 Å². The van der Waals surface area contributed by atoms with Gasteiger partial charge in [-0.2, -0.15) is 5.26 Å². The van der Waals surface area contributed by atoms with Crippen LogP contribution in [0.1, 0.15) is 58.8 Å². The van der Waals surface area contributed by atoms with Crippen LogP contribution in [0.3, 0.4) is 0 Å².